The minimum Gasteiger partial charge on any atom is -0.481 e. The number of carboxylic acid groups (broad SMARTS) is 1. The third-order valence-corrected chi connectivity index (χ3v) is 2.61. The molecule has 0 fully saturated rings. The average molecular weight is 219 g/mol. The molecule has 14 heavy (non-hydrogen) atoms. The lowest BCUT2D eigenvalue weighted by atomic mass is 10.2. The van der Waals surface area contributed by atoms with Crippen LogP contribution in [0.15, 0.2) is 0 Å². The number of aliphatic carboxylic acids is 1. The van der Waals surface area contributed by atoms with Crippen LogP contribution in [0, 0.1) is 5.92 Å². The second-order valence-electron chi connectivity index (χ2n) is 2.99. The summed E-state index contributed by atoms with van der Waals surface area (Å²) >= 11 is 1.70. The zero-order valence-electron chi connectivity index (χ0n) is 8.58. The Bertz CT molecular complexity index is 196. The van der Waals surface area contributed by atoms with Gasteiger partial charge in [0.25, 0.3) is 0 Å². The number of amides is 1. The van der Waals surface area contributed by atoms with Gasteiger partial charge in [0.05, 0.1) is 5.92 Å². The van der Waals surface area contributed by atoms with Crippen molar-refractivity contribution in [2.24, 2.45) is 5.92 Å². The first-order valence-corrected chi connectivity index (χ1v) is 5.80. The monoisotopic (exact) mass is 219 g/mol. The molecule has 0 saturated heterocycles. The summed E-state index contributed by atoms with van der Waals surface area (Å²) in [5.41, 5.74) is 0. The van der Waals surface area contributed by atoms with E-state index in [1.165, 1.54) is 0 Å². The van der Waals surface area contributed by atoms with Gasteiger partial charge in [-0.15, -0.1) is 0 Å². The fourth-order valence-electron chi connectivity index (χ4n) is 0.752. The van der Waals surface area contributed by atoms with Crippen LogP contribution in [-0.4, -0.2) is 35.0 Å². The zero-order chi connectivity index (χ0) is 11.0. The van der Waals surface area contributed by atoms with E-state index in [1.54, 1.807) is 18.7 Å². The van der Waals surface area contributed by atoms with Crippen LogP contribution in [0.3, 0.4) is 0 Å². The summed E-state index contributed by atoms with van der Waals surface area (Å²) in [4.78, 5) is 21.5. The first-order chi connectivity index (χ1) is 6.57. The Hall–Kier alpha value is -0.710. The Labute approximate surface area is 88.4 Å². The third-order valence-electron chi connectivity index (χ3n) is 1.70. The number of carbonyl (C=O) groups is 2. The lowest BCUT2D eigenvalue weighted by Crippen LogP contribution is -2.31. The molecule has 0 aliphatic carbocycles. The maximum atomic E-state index is 11.1. The van der Waals surface area contributed by atoms with Crippen molar-refractivity contribution in [1.82, 2.24) is 5.32 Å². The van der Waals surface area contributed by atoms with Crippen LogP contribution >= 0.6 is 11.8 Å². The number of thioether (sulfide) groups is 1. The lowest BCUT2D eigenvalue weighted by Gasteiger charge is -2.07. The summed E-state index contributed by atoms with van der Waals surface area (Å²) in [6.07, 6.45) is 0.463. The van der Waals surface area contributed by atoms with Crippen molar-refractivity contribution in [3.05, 3.63) is 0 Å². The van der Waals surface area contributed by atoms with Crippen molar-refractivity contribution in [2.75, 3.05) is 18.1 Å². The van der Waals surface area contributed by atoms with E-state index in [4.69, 9.17) is 5.11 Å². The van der Waals surface area contributed by atoms with E-state index in [-0.39, 0.29) is 12.5 Å². The van der Waals surface area contributed by atoms with Gasteiger partial charge in [0, 0.05) is 18.7 Å². The average Bonchev–Trinajstić information content (AvgIpc) is 2.14. The van der Waals surface area contributed by atoms with Gasteiger partial charge in [-0.2, -0.15) is 11.8 Å². The Morgan fingerprint density at radius 2 is 2.14 bits per heavy atom. The maximum Gasteiger partial charge on any atom is 0.308 e. The van der Waals surface area contributed by atoms with Gasteiger partial charge >= 0.3 is 5.97 Å². The van der Waals surface area contributed by atoms with Crippen LogP contribution in [0.4, 0.5) is 0 Å². The molecule has 0 aromatic heterocycles. The summed E-state index contributed by atoms with van der Waals surface area (Å²) in [6, 6.07) is 0. The largest absolute Gasteiger partial charge is 0.481 e. The minimum absolute atomic E-state index is 0.0703. The molecule has 1 amide bonds. The molecule has 0 rings (SSSR count). The van der Waals surface area contributed by atoms with E-state index >= 15 is 0 Å². The van der Waals surface area contributed by atoms with Crippen molar-refractivity contribution in [2.45, 2.75) is 20.3 Å². The number of rotatable bonds is 7. The Balaban J connectivity index is 3.48. The topological polar surface area (TPSA) is 66.4 Å². The molecule has 0 radical (unpaired) electrons. The van der Waals surface area contributed by atoms with E-state index < -0.39 is 11.9 Å². The molecule has 0 aliphatic rings. The van der Waals surface area contributed by atoms with E-state index in [9.17, 15) is 9.59 Å². The van der Waals surface area contributed by atoms with Gasteiger partial charge in [0.1, 0.15) is 0 Å². The Kier molecular flexibility index (Phi) is 7.28. The number of hydrogen-bond acceptors (Lipinski definition) is 3. The van der Waals surface area contributed by atoms with Crippen molar-refractivity contribution < 1.29 is 14.7 Å². The highest BCUT2D eigenvalue weighted by Crippen LogP contribution is 2.00. The standard InChI is InChI=1S/C9H17NO3S/c1-3-14-5-4-8(11)10-6-7(2)9(12)13/h7H,3-6H2,1-2H3,(H,10,11)(H,12,13). The molecule has 2 N–H and O–H groups in total. The Morgan fingerprint density at radius 3 is 2.64 bits per heavy atom. The number of hydrogen-bond donors (Lipinski definition) is 2. The van der Waals surface area contributed by atoms with E-state index in [2.05, 4.69) is 5.32 Å². The number of carboxylic acids is 1. The van der Waals surface area contributed by atoms with Crippen LogP contribution in [0.1, 0.15) is 20.3 Å². The predicted octanol–water partition coefficient (Wildman–Crippen LogP) is 0.967. The summed E-state index contributed by atoms with van der Waals surface area (Å²) in [5.74, 6) is 0.327. The molecule has 0 aliphatic heterocycles. The maximum absolute atomic E-state index is 11.1. The van der Waals surface area contributed by atoms with Crippen LogP contribution in [0.2, 0.25) is 0 Å². The molecule has 0 aromatic rings. The SMILES string of the molecule is CCSCCC(=O)NCC(C)C(=O)O. The molecule has 0 spiro atoms. The first kappa shape index (κ1) is 13.3. The summed E-state index contributed by atoms with van der Waals surface area (Å²) in [5, 5.41) is 11.1. The fourth-order valence-corrected chi connectivity index (χ4v) is 1.37. The quantitative estimate of drug-likeness (QED) is 0.626. The Morgan fingerprint density at radius 1 is 1.50 bits per heavy atom. The van der Waals surface area contributed by atoms with Gasteiger partial charge in [-0.05, 0) is 5.75 Å². The van der Waals surface area contributed by atoms with E-state index in [1.807, 2.05) is 6.92 Å². The van der Waals surface area contributed by atoms with Crippen molar-refractivity contribution >= 4 is 23.6 Å². The molecule has 82 valence electrons. The van der Waals surface area contributed by atoms with Gasteiger partial charge in [0.15, 0.2) is 0 Å². The molecule has 0 heterocycles. The van der Waals surface area contributed by atoms with Crippen LogP contribution < -0.4 is 5.32 Å². The lowest BCUT2D eigenvalue weighted by molar-refractivity contribution is -0.141. The third kappa shape index (κ3) is 6.77. The molecule has 0 aromatic carbocycles. The van der Waals surface area contributed by atoms with Crippen molar-refractivity contribution in [1.29, 1.82) is 0 Å². The number of nitrogens with one attached hydrogen (secondary N) is 1. The smallest absolute Gasteiger partial charge is 0.308 e. The van der Waals surface area contributed by atoms with E-state index in [0.29, 0.717) is 6.42 Å². The summed E-state index contributed by atoms with van der Waals surface area (Å²) in [7, 11) is 0. The van der Waals surface area contributed by atoms with Crippen molar-refractivity contribution in [3.8, 4) is 0 Å². The van der Waals surface area contributed by atoms with E-state index in [0.717, 1.165) is 11.5 Å². The van der Waals surface area contributed by atoms with Crippen LogP contribution in [0.25, 0.3) is 0 Å². The van der Waals surface area contributed by atoms with Crippen LogP contribution in [0.5, 0.6) is 0 Å². The van der Waals surface area contributed by atoms with Gasteiger partial charge in [-0.25, -0.2) is 0 Å². The second kappa shape index (κ2) is 7.67. The molecule has 5 heteroatoms. The molecule has 1 unspecified atom stereocenters. The van der Waals surface area contributed by atoms with Gasteiger partial charge in [-0.1, -0.05) is 13.8 Å². The number of carbonyl (C=O) groups excluding carboxylic acids is 1. The normalized spacial score (nSPS) is 12.1. The summed E-state index contributed by atoms with van der Waals surface area (Å²) in [6.45, 7) is 3.82. The highest BCUT2D eigenvalue weighted by atomic mass is 32.2. The highest BCUT2D eigenvalue weighted by Gasteiger charge is 2.11. The molecule has 0 saturated carbocycles. The molecular formula is C9H17NO3S. The minimum atomic E-state index is -0.881. The predicted molar refractivity (Wildman–Crippen MR) is 57.4 cm³/mol. The summed E-state index contributed by atoms with van der Waals surface area (Å²) < 4.78 is 0. The van der Waals surface area contributed by atoms with Crippen molar-refractivity contribution in [3.63, 3.8) is 0 Å². The van der Waals surface area contributed by atoms with Gasteiger partial charge in [0.2, 0.25) is 5.91 Å². The molecular weight excluding hydrogens is 202 g/mol. The highest BCUT2D eigenvalue weighted by molar-refractivity contribution is 7.99. The first-order valence-electron chi connectivity index (χ1n) is 4.65. The van der Waals surface area contributed by atoms with Gasteiger partial charge in [-0.3, -0.25) is 9.59 Å². The molecule has 4 nitrogen and oxygen atoms in total. The fraction of sp³-hybridized carbons (Fsp3) is 0.778. The van der Waals surface area contributed by atoms with Gasteiger partial charge < -0.3 is 10.4 Å². The molecule has 0 bridgehead atoms. The zero-order valence-corrected chi connectivity index (χ0v) is 9.39. The molecule has 1 atom stereocenters. The van der Waals surface area contributed by atoms with Crippen LogP contribution in [-0.2, 0) is 9.59 Å². The second-order valence-corrected chi connectivity index (χ2v) is 4.38.